The van der Waals surface area contributed by atoms with Crippen molar-refractivity contribution in [1.29, 1.82) is 0 Å². The summed E-state index contributed by atoms with van der Waals surface area (Å²) in [7, 11) is 1.26. The van der Waals surface area contributed by atoms with Crippen molar-refractivity contribution >= 4 is 35.1 Å². The van der Waals surface area contributed by atoms with Gasteiger partial charge in [-0.2, -0.15) is 0 Å². The van der Waals surface area contributed by atoms with Crippen molar-refractivity contribution < 1.29 is 24.5 Å². The third-order valence-corrected chi connectivity index (χ3v) is 6.38. The Bertz CT molecular complexity index is 1230. The van der Waals surface area contributed by atoms with Crippen molar-refractivity contribution in [3.8, 4) is 11.1 Å². The Balaban J connectivity index is 1.97. The lowest BCUT2D eigenvalue weighted by Gasteiger charge is -2.44. The van der Waals surface area contributed by atoms with E-state index in [2.05, 4.69) is 4.98 Å². The third kappa shape index (κ3) is 3.57. The molecule has 0 saturated heterocycles. The summed E-state index contributed by atoms with van der Waals surface area (Å²) in [5.41, 5.74) is -2.33. The number of carboxylic acids is 1. The number of methoxy groups -OCH3 is 1. The van der Waals surface area contributed by atoms with Crippen molar-refractivity contribution in [2.45, 2.75) is 24.8 Å². The summed E-state index contributed by atoms with van der Waals surface area (Å²) in [4.78, 5) is 31.5. The molecule has 0 saturated carbocycles. The van der Waals surface area contributed by atoms with Gasteiger partial charge in [-0.3, -0.25) is 14.7 Å². The Hall–Kier alpha value is -2.97. The first-order chi connectivity index (χ1) is 15.6. The summed E-state index contributed by atoms with van der Waals surface area (Å²) in [5, 5.41) is 22.1. The standard InChI is InChI=1S/C24H20Cl2N2O5/c1-23(32,22(30)31)24(33-2)19-5-3-4-18(14-6-8-15(25)9-7-14)20(19)21(29)28(24)13-17-11-10-16(26)12-27-17/h3-12,32H,13H2,1-2H3,(H,30,31)/t23?,24-/m1/s1. The van der Waals surface area contributed by atoms with Gasteiger partial charge in [0, 0.05) is 23.9 Å². The van der Waals surface area contributed by atoms with Crippen molar-refractivity contribution in [3.05, 3.63) is 87.7 Å². The molecule has 1 amide bonds. The fourth-order valence-electron chi connectivity index (χ4n) is 4.29. The minimum Gasteiger partial charge on any atom is -0.479 e. The van der Waals surface area contributed by atoms with E-state index in [4.69, 9.17) is 27.9 Å². The topological polar surface area (TPSA) is 100.0 Å². The van der Waals surface area contributed by atoms with Gasteiger partial charge in [0.05, 0.1) is 22.8 Å². The molecule has 33 heavy (non-hydrogen) atoms. The van der Waals surface area contributed by atoms with E-state index in [0.29, 0.717) is 26.9 Å². The van der Waals surface area contributed by atoms with E-state index in [1.54, 1.807) is 54.6 Å². The van der Waals surface area contributed by atoms with E-state index >= 15 is 0 Å². The lowest BCUT2D eigenvalue weighted by molar-refractivity contribution is -0.239. The van der Waals surface area contributed by atoms with Crippen LogP contribution in [0.15, 0.2) is 60.8 Å². The average molecular weight is 487 g/mol. The van der Waals surface area contributed by atoms with Crippen LogP contribution in [-0.4, -0.2) is 44.7 Å². The van der Waals surface area contributed by atoms with Gasteiger partial charge >= 0.3 is 5.97 Å². The number of pyridine rings is 1. The van der Waals surface area contributed by atoms with Crippen molar-refractivity contribution in [1.82, 2.24) is 9.88 Å². The van der Waals surface area contributed by atoms with Gasteiger partial charge in [0.1, 0.15) is 0 Å². The molecule has 0 bridgehead atoms. The molecule has 1 aliphatic heterocycles. The smallest absolute Gasteiger partial charge is 0.340 e. The molecular formula is C24H20Cl2N2O5. The maximum Gasteiger partial charge on any atom is 0.340 e. The SMILES string of the molecule is CO[C@@]1(C(C)(O)C(=O)O)c2cccc(-c3ccc(Cl)cc3)c2C(=O)N1Cc1ccc(Cl)cn1. The first kappa shape index (κ1) is 23.2. The number of nitrogens with zero attached hydrogens (tertiary/aromatic N) is 2. The van der Waals surface area contributed by atoms with Crippen molar-refractivity contribution in [2.75, 3.05) is 7.11 Å². The Labute approximate surface area is 200 Å². The van der Waals surface area contributed by atoms with Gasteiger partial charge in [0.15, 0.2) is 0 Å². The number of carbonyl (C=O) groups is 2. The molecule has 170 valence electrons. The van der Waals surface area contributed by atoms with Gasteiger partial charge < -0.3 is 14.9 Å². The number of hydrogen-bond donors (Lipinski definition) is 2. The highest BCUT2D eigenvalue weighted by molar-refractivity contribution is 6.30. The van der Waals surface area contributed by atoms with Crippen LogP contribution in [0, 0.1) is 0 Å². The molecule has 0 radical (unpaired) electrons. The summed E-state index contributed by atoms with van der Waals surface area (Å²) in [5.74, 6) is -2.05. The zero-order valence-electron chi connectivity index (χ0n) is 17.8. The molecule has 2 N–H and O–H groups in total. The van der Waals surface area contributed by atoms with E-state index in [9.17, 15) is 19.8 Å². The maximum atomic E-state index is 13.8. The van der Waals surface area contributed by atoms with Gasteiger partial charge in [0.25, 0.3) is 5.91 Å². The Morgan fingerprint density at radius 1 is 1.12 bits per heavy atom. The molecule has 2 atom stereocenters. The number of carbonyl (C=O) groups excluding carboxylic acids is 1. The second-order valence-electron chi connectivity index (χ2n) is 7.82. The van der Waals surface area contributed by atoms with Gasteiger partial charge in [-0.25, -0.2) is 4.79 Å². The lowest BCUT2D eigenvalue weighted by atomic mass is 9.83. The van der Waals surface area contributed by atoms with E-state index in [-0.39, 0.29) is 17.7 Å². The summed E-state index contributed by atoms with van der Waals surface area (Å²) in [6.45, 7) is 0.987. The molecule has 2 aromatic carbocycles. The molecule has 4 rings (SSSR count). The van der Waals surface area contributed by atoms with Crippen LogP contribution in [-0.2, 0) is 21.8 Å². The predicted octanol–water partition coefficient (Wildman–Crippen LogP) is 4.35. The second-order valence-corrected chi connectivity index (χ2v) is 8.69. The van der Waals surface area contributed by atoms with E-state index in [0.717, 1.165) is 6.92 Å². The molecule has 7 nitrogen and oxygen atoms in total. The number of aromatic nitrogens is 1. The van der Waals surface area contributed by atoms with Gasteiger partial charge in [-0.15, -0.1) is 0 Å². The highest BCUT2D eigenvalue weighted by atomic mass is 35.5. The highest BCUT2D eigenvalue weighted by Gasteiger charge is 2.65. The summed E-state index contributed by atoms with van der Waals surface area (Å²) < 4.78 is 5.74. The molecule has 2 heterocycles. The molecule has 0 aliphatic carbocycles. The van der Waals surface area contributed by atoms with Crippen LogP contribution in [0.5, 0.6) is 0 Å². The largest absolute Gasteiger partial charge is 0.479 e. The third-order valence-electron chi connectivity index (χ3n) is 5.90. The van der Waals surface area contributed by atoms with E-state index < -0.39 is 23.2 Å². The zero-order chi connectivity index (χ0) is 24.0. The number of halogens is 2. The molecule has 1 unspecified atom stereocenters. The number of rotatable bonds is 6. The number of amides is 1. The van der Waals surface area contributed by atoms with Crippen LogP contribution < -0.4 is 0 Å². The van der Waals surface area contributed by atoms with E-state index in [1.807, 2.05) is 0 Å². The quantitative estimate of drug-likeness (QED) is 0.537. The highest BCUT2D eigenvalue weighted by Crippen LogP contribution is 2.50. The number of benzene rings is 2. The van der Waals surface area contributed by atoms with Crippen molar-refractivity contribution in [2.24, 2.45) is 0 Å². The lowest BCUT2D eigenvalue weighted by Crippen LogP contribution is -2.63. The molecule has 0 spiro atoms. The zero-order valence-corrected chi connectivity index (χ0v) is 19.3. The Morgan fingerprint density at radius 3 is 2.36 bits per heavy atom. The summed E-state index contributed by atoms with van der Waals surface area (Å²) >= 11 is 12.0. The normalized spacial score (nSPS) is 19.3. The Kier molecular flexibility index (Phi) is 5.92. The monoisotopic (exact) mass is 486 g/mol. The first-order valence-corrected chi connectivity index (χ1v) is 10.7. The van der Waals surface area contributed by atoms with Gasteiger partial charge in [-0.05, 0) is 42.3 Å². The van der Waals surface area contributed by atoms with Crippen LogP contribution in [0.1, 0.15) is 28.5 Å². The van der Waals surface area contributed by atoms with Gasteiger partial charge in [0.2, 0.25) is 11.3 Å². The predicted molar refractivity (Wildman–Crippen MR) is 123 cm³/mol. The van der Waals surface area contributed by atoms with Crippen LogP contribution in [0.3, 0.4) is 0 Å². The molecule has 0 fully saturated rings. The number of aliphatic carboxylic acids is 1. The maximum absolute atomic E-state index is 13.8. The number of aliphatic hydroxyl groups is 1. The fourth-order valence-corrected chi connectivity index (χ4v) is 4.53. The van der Waals surface area contributed by atoms with Crippen LogP contribution in [0.2, 0.25) is 10.0 Å². The van der Waals surface area contributed by atoms with E-state index in [1.165, 1.54) is 18.2 Å². The Morgan fingerprint density at radius 2 is 1.79 bits per heavy atom. The second kappa shape index (κ2) is 8.43. The molecule has 9 heteroatoms. The molecule has 1 aromatic heterocycles. The van der Waals surface area contributed by atoms with Crippen molar-refractivity contribution in [3.63, 3.8) is 0 Å². The minimum atomic E-state index is -2.49. The molecule has 1 aliphatic rings. The van der Waals surface area contributed by atoms with Gasteiger partial charge in [-0.1, -0.05) is 53.5 Å². The number of hydrogen-bond acceptors (Lipinski definition) is 5. The fraction of sp³-hybridized carbons (Fsp3) is 0.208. The average Bonchev–Trinajstić information content (AvgIpc) is 3.04. The van der Waals surface area contributed by atoms with Crippen LogP contribution in [0.4, 0.5) is 0 Å². The first-order valence-electron chi connectivity index (χ1n) is 9.96. The van der Waals surface area contributed by atoms with Crippen LogP contribution in [0.25, 0.3) is 11.1 Å². The minimum absolute atomic E-state index is 0.123. The molecule has 3 aromatic rings. The molecular weight excluding hydrogens is 467 g/mol. The summed E-state index contributed by atoms with van der Waals surface area (Å²) in [6, 6.07) is 15.2. The number of ether oxygens (including phenoxy) is 1. The number of carboxylic acid groups (broad SMARTS) is 1. The van der Waals surface area contributed by atoms with Crippen LogP contribution >= 0.6 is 23.2 Å². The summed E-state index contributed by atoms with van der Waals surface area (Å²) in [6.07, 6.45) is 1.42. The number of fused-ring (bicyclic) bond motifs is 1.